The number of anilines is 1. The van der Waals surface area contributed by atoms with Crippen LogP contribution in [0.3, 0.4) is 0 Å². The highest BCUT2D eigenvalue weighted by atomic mass is 16.6. The maximum absolute atomic E-state index is 12.4. The monoisotopic (exact) mass is 444 g/mol. The van der Waals surface area contributed by atoms with Gasteiger partial charge in [0.25, 0.3) is 5.91 Å². The maximum Gasteiger partial charge on any atom is 0.408 e. The number of carboxylic acids is 1. The average molecular weight is 445 g/mol. The van der Waals surface area contributed by atoms with Crippen molar-refractivity contribution in [2.75, 3.05) is 5.32 Å². The Kier molecular flexibility index (Phi) is 9.71. The van der Waals surface area contributed by atoms with Gasteiger partial charge in [-0.05, 0) is 57.0 Å². The van der Waals surface area contributed by atoms with Crippen molar-refractivity contribution in [3.8, 4) is 5.75 Å². The molecule has 0 aliphatic carbocycles. The number of carboxylic acid groups (broad SMARTS) is 1. The van der Waals surface area contributed by atoms with Crippen LogP contribution in [0.5, 0.6) is 5.75 Å². The number of amides is 2. The first-order valence-electron chi connectivity index (χ1n) is 10.4. The Morgan fingerprint density at radius 3 is 2.12 bits per heavy atom. The molecule has 2 aromatic rings. The summed E-state index contributed by atoms with van der Waals surface area (Å²) in [5, 5.41) is 24.3. The number of hydrogen-bond acceptors (Lipinski definition) is 5. The molecule has 174 valence electrons. The van der Waals surface area contributed by atoms with Gasteiger partial charge in [-0.1, -0.05) is 38.1 Å². The first-order valence-corrected chi connectivity index (χ1v) is 10.4. The molecule has 8 heteroatoms. The van der Waals surface area contributed by atoms with Gasteiger partial charge in [-0.25, -0.2) is 9.59 Å². The number of aliphatic carboxylic acids is 1. The van der Waals surface area contributed by atoms with E-state index in [9.17, 15) is 24.6 Å². The van der Waals surface area contributed by atoms with Crippen LogP contribution >= 0.6 is 0 Å². The fourth-order valence-corrected chi connectivity index (χ4v) is 2.75. The summed E-state index contributed by atoms with van der Waals surface area (Å²) in [5.74, 6) is -1.75. The minimum absolute atomic E-state index is 0.0430. The van der Waals surface area contributed by atoms with Crippen molar-refractivity contribution in [2.45, 2.75) is 59.6 Å². The van der Waals surface area contributed by atoms with Crippen LogP contribution in [0, 0.1) is 6.92 Å². The van der Waals surface area contributed by atoms with Crippen LogP contribution in [0.1, 0.15) is 56.1 Å². The molecule has 0 aromatic heterocycles. The van der Waals surface area contributed by atoms with Gasteiger partial charge in [0.1, 0.15) is 17.4 Å². The van der Waals surface area contributed by atoms with Crippen LogP contribution in [0.25, 0.3) is 0 Å². The minimum Gasteiger partial charge on any atom is -0.507 e. The molecule has 32 heavy (non-hydrogen) atoms. The lowest BCUT2D eigenvalue weighted by Crippen LogP contribution is -2.44. The Hall–Kier alpha value is -3.55. The molecule has 0 aliphatic heterocycles. The quantitative estimate of drug-likeness (QED) is 0.520. The number of aryl methyl sites for hydroxylation is 1. The molecule has 0 aliphatic rings. The molecular formula is C24H32N2O6. The number of alkyl carbamates (subject to hydrolysis) is 1. The molecule has 0 radical (unpaired) electrons. The first kappa shape index (κ1) is 26.5. The van der Waals surface area contributed by atoms with E-state index in [1.54, 1.807) is 64.1 Å². The SMILES string of the molecule is CC.Cc1cccc(O)c1C(=O)Nc1ccc(C[C@H](NC(=O)OC(C)(C)C)C(=O)O)cc1. The van der Waals surface area contributed by atoms with Crippen molar-refractivity contribution in [1.29, 1.82) is 0 Å². The second-order valence-electron chi connectivity index (χ2n) is 7.86. The topological polar surface area (TPSA) is 125 Å². The van der Waals surface area contributed by atoms with Gasteiger partial charge in [-0.15, -0.1) is 0 Å². The summed E-state index contributed by atoms with van der Waals surface area (Å²) in [6, 6.07) is 10.2. The van der Waals surface area contributed by atoms with E-state index in [4.69, 9.17) is 4.74 Å². The van der Waals surface area contributed by atoms with Crippen molar-refractivity contribution < 1.29 is 29.3 Å². The van der Waals surface area contributed by atoms with Crippen molar-refractivity contribution in [1.82, 2.24) is 5.32 Å². The molecule has 0 saturated heterocycles. The number of phenols is 1. The highest BCUT2D eigenvalue weighted by Crippen LogP contribution is 2.22. The molecule has 2 amide bonds. The molecule has 8 nitrogen and oxygen atoms in total. The van der Waals surface area contributed by atoms with Gasteiger partial charge in [0.15, 0.2) is 0 Å². The smallest absolute Gasteiger partial charge is 0.408 e. The van der Waals surface area contributed by atoms with E-state index in [-0.39, 0.29) is 17.7 Å². The number of nitrogens with one attached hydrogen (secondary N) is 2. The van der Waals surface area contributed by atoms with Crippen molar-refractivity contribution in [2.24, 2.45) is 0 Å². The molecule has 0 spiro atoms. The van der Waals surface area contributed by atoms with Crippen LogP contribution in [0.15, 0.2) is 42.5 Å². The molecule has 2 rings (SSSR count). The Morgan fingerprint density at radius 2 is 1.62 bits per heavy atom. The summed E-state index contributed by atoms with van der Waals surface area (Å²) in [7, 11) is 0. The third kappa shape index (κ3) is 8.29. The lowest BCUT2D eigenvalue weighted by molar-refractivity contribution is -0.139. The summed E-state index contributed by atoms with van der Waals surface area (Å²) < 4.78 is 5.10. The number of rotatable bonds is 6. The van der Waals surface area contributed by atoms with Gasteiger partial charge in [0.05, 0.1) is 5.56 Å². The fourth-order valence-electron chi connectivity index (χ4n) is 2.75. The summed E-state index contributed by atoms with van der Waals surface area (Å²) in [6.45, 7) is 10.8. The molecule has 1 atom stereocenters. The van der Waals surface area contributed by atoms with E-state index in [0.717, 1.165) is 0 Å². The van der Waals surface area contributed by atoms with Crippen molar-refractivity contribution in [3.63, 3.8) is 0 Å². The summed E-state index contributed by atoms with van der Waals surface area (Å²) >= 11 is 0. The fraction of sp³-hybridized carbons (Fsp3) is 0.375. The molecule has 0 unspecified atom stereocenters. The van der Waals surface area contributed by atoms with Gasteiger partial charge in [0, 0.05) is 12.1 Å². The van der Waals surface area contributed by atoms with E-state index < -0.39 is 29.6 Å². The van der Waals surface area contributed by atoms with E-state index in [2.05, 4.69) is 10.6 Å². The number of phenolic OH excluding ortho intramolecular Hbond substituents is 1. The second-order valence-corrected chi connectivity index (χ2v) is 7.86. The number of benzene rings is 2. The zero-order valence-electron chi connectivity index (χ0n) is 19.4. The number of carbonyl (C=O) groups excluding carboxylic acids is 2. The van der Waals surface area contributed by atoms with E-state index in [1.807, 2.05) is 13.8 Å². The van der Waals surface area contributed by atoms with Crippen LogP contribution in [-0.4, -0.2) is 39.8 Å². The summed E-state index contributed by atoms with van der Waals surface area (Å²) in [4.78, 5) is 35.8. The van der Waals surface area contributed by atoms with Crippen molar-refractivity contribution >= 4 is 23.7 Å². The lowest BCUT2D eigenvalue weighted by Gasteiger charge is -2.22. The van der Waals surface area contributed by atoms with E-state index in [0.29, 0.717) is 16.8 Å². The van der Waals surface area contributed by atoms with Crippen molar-refractivity contribution in [3.05, 3.63) is 59.2 Å². The molecule has 2 aromatic carbocycles. The molecule has 0 heterocycles. The highest BCUT2D eigenvalue weighted by molar-refractivity contribution is 6.07. The normalized spacial score (nSPS) is 11.4. The minimum atomic E-state index is -1.19. The van der Waals surface area contributed by atoms with Gasteiger partial charge < -0.3 is 25.6 Å². The van der Waals surface area contributed by atoms with Gasteiger partial charge in [0.2, 0.25) is 0 Å². The van der Waals surface area contributed by atoms with Crippen LogP contribution in [-0.2, 0) is 16.0 Å². The Bertz CT molecular complexity index is 912. The summed E-state index contributed by atoms with van der Waals surface area (Å²) in [6.07, 6.45) is -0.765. The molecular weight excluding hydrogens is 412 g/mol. The zero-order chi connectivity index (χ0) is 24.5. The average Bonchev–Trinajstić information content (AvgIpc) is 2.69. The number of aromatic hydroxyl groups is 1. The Balaban J connectivity index is 0.00000249. The third-order valence-corrected chi connectivity index (χ3v) is 4.12. The second kappa shape index (κ2) is 11.7. The standard InChI is InChI=1S/C22H26N2O6.C2H6/c1-13-6-5-7-17(25)18(13)19(26)23-15-10-8-14(9-11-15)12-16(20(27)28)24-21(29)30-22(2,3)4;1-2/h5-11,16,25H,12H2,1-4H3,(H,23,26)(H,24,29)(H,27,28);1-2H3/t16-;/m0./s1. The van der Waals surface area contributed by atoms with Gasteiger partial charge in [-0.2, -0.15) is 0 Å². The molecule has 4 N–H and O–H groups in total. The Labute approximate surface area is 188 Å². The van der Waals surface area contributed by atoms with E-state index >= 15 is 0 Å². The number of hydrogen-bond donors (Lipinski definition) is 4. The Morgan fingerprint density at radius 1 is 1.03 bits per heavy atom. The predicted molar refractivity (Wildman–Crippen MR) is 123 cm³/mol. The number of ether oxygens (including phenoxy) is 1. The largest absolute Gasteiger partial charge is 0.507 e. The zero-order valence-corrected chi connectivity index (χ0v) is 19.4. The molecule has 0 bridgehead atoms. The van der Waals surface area contributed by atoms with E-state index in [1.165, 1.54) is 6.07 Å². The first-order chi connectivity index (χ1) is 15.0. The molecule has 0 fully saturated rings. The van der Waals surface area contributed by atoms with Crippen LogP contribution < -0.4 is 10.6 Å². The third-order valence-electron chi connectivity index (χ3n) is 4.12. The number of carbonyl (C=O) groups is 3. The predicted octanol–water partition coefficient (Wildman–Crippen LogP) is 4.50. The van der Waals surface area contributed by atoms with Gasteiger partial charge in [-0.3, -0.25) is 4.79 Å². The van der Waals surface area contributed by atoms with Crippen LogP contribution in [0.4, 0.5) is 10.5 Å². The summed E-state index contributed by atoms with van der Waals surface area (Å²) in [5.41, 5.74) is 1.22. The van der Waals surface area contributed by atoms with Gasteiger partial charge >= 0.3 is 12.1 Å². The van der Waals surface area contributed by atoms with Crippen LogP contribution in [0.2, 0.25) is 0 Å². The lowest BCUT2D eigenvalue weighted by atomic mass is 10.0. The highest BCUT2D eigenvalue weighted by Gasteiger charge is 2.24. The molecule has 0 saturated carbocycles. The maximum atomic E-state index is 12.4.